The number of rotatable bonds is 3. The normalized spacial score (nSPS) is 20.1. The van der Waals surface area contributed by atoms with Crippen molar-refractivity contribution in [1.82, 2.24) is 0 Å². The van der Waals surface area contributed by atoms with E-state index >= 15 is 0 Å². The SMILES string of the molecule is CC1=NOC(=O)/C1=N\N(/N=C1\C(=O)ON=C1C)c1ccc(Cl)cc1. The van der Waals surface area contributed by atoms with Gasteiger partial charge in [-0.15, -0.1) is 15.3 Å². The van der Waals surface area contributed by atoms with Crippen molar-refractivity contribution in [3.05, 3.63) is 29.3 Å². The average molecular weight is 348 g/mol. The molecule has 122 valence electrons. The molecule has 0 saturated heterocycles. The maximum Gasteiger partial charge on any atom is 0.387 e. The lowest BCUT2D eigenvalue weighted by Gasteiger charge is -2.14. The highest BCUT2D eigenvalue weighted by atomic mass is 35.5. The molecule has 1 aromatic carbocycles. The molecule has 0 bridgehead atoms. The Kier molecular flexibility index (Phi) is 4.09. The predicted molar refractivity (Wildman–Crippen MR) is 87.2 cm³/mol. The first-order chi connectivity index (χ1) is 11.5. The molecule has 0 aliphatic carbocycles. The van der Waals surface area contributed by atoms with Crippen molar-refractivity contribution in [2.24, 2.45) is 20.5 Å². The van der Waals surface area contributed by atoms with Gasteiger partial charge >= 0.3 is 11.9 Å². The molecular formula is C14H10ClN5O4. The molecule has 0 unspecified atom stereocenters. The minimum Gasteiger partial charge on any atom is -0.311 e. The monoisotopic (exact) mass is 347 g/mol. The van der Waals surface area contributed by atoms with Crippen LogP contribution in [0.4, 0.5) is 5.69 Å². The second-order valence-electron chi connectivity index (χ2n) is 4.77. The van der Waals surface area contributed by atoms with Crippen molar-refractivity contribution in [2.75, 3.05) is 5.12 Å². The Morgan fingerprint density at radius 2 is 1.38 bits per heavy atom. The molecule has 10 heteroatoms. The zero-order chi connectivity index (χ0) is 17.3. The number of halogens is 1. The number of carbonyl (C=O) groups excluding carboxylic acids is 2. The summed E-state index contributed by atoms with van der Waals surface area (Å²) in [5.41, 5.74) is 0.974. The van der Waals surface area contributed by atoms with E-state index in [0.717, 1.165) is 5.12 Å². The molecule has 0 saturated carbocycles. The van der Waals surface area contributed by atoms with E-state index in [1.165, 1.54) is 0 Å². The van der Waals surface area contributed by atoms with Gasteiger partial charge in [0.05, 0.1) is 5.69 Å². The largest absolute Gasteiger partial charge is 0.387 e. The van der Waals surface area contributed by atoms with Crippen LogP contribution in [0.1, 0.15) is 13.8 Å². The van der Waals surface area contributed by atoms with Gasteiger partial charge in [0.2, 0.25) is 0 Å². The molecule has 24 heavy (non-hydrogen) atoms. The van der Waals surface area contributed by atoms with E-state index in [9.17, 15) is 9.59 Å². The van der Waals surface area contributed by atoms with Crippen LogP contribution in [-0.2, 0) is 19.3 Å². The molecule has 0 atom stereocenters. The fourth-order valence-electron chi connectivity index (χ4n) is 1.82. The summed E-state index contributed by atoms with van der Waals surface area (Å²) in [6.07, 6.45) is 0. The minimum atomic E-state index is -0.717. The van der Waals surface area contributed by atoms with Crippen LogP contribution in [0.25, 0.3) is 0 Å². The maximum atomic E-state index is 11.7. The standard InChI is InChI=1S/C14H10ClN5O4/c1-7-11(13(21)23-18-7)16-20(10-5-3-9(15)4-6-10)17-12-8(2)19-24-14(12)22/h3-6H,1-2H3/b16-11-,17-12-. The number of carbonyl (C=O) groups is 2. The van der Waals surface area contributed by atoms with Crippen molar-refractivity contribution in [2.45, 2.75) is 13.8 Å². The molecule has 0 fully saturated rings. The van der Waals surface area contributed by atoms with Gasteiger partial charge in [0.25, 0.3) is 0 Å². The topological polar surface area (TPSA) is 105 Å². The summed E-state index contributed by atoms with van der Waals surface area (Å²) in [7, 11) is 0. The van der Waals surface area contributed by atoms with Gasteiger partial charge in [0.1, 0.15) is 11.4 Å². The Hall–Kier alpha value is -3.07. The highest BCUT2D eigenvalue weighted by molar-refractivity contribution is 6.67. The zero-order valence-electron chi connectivity index (χ0n) is 12.6. The van der Waals surface area contributed by atoms with Crippen molar-refractivity contribution in [3.63, 3.8) is 0 Å². The maximum absolute atomic E-state index is 11.7. The summed E-state index contributed by atoms with van der Waals surface area (Å²) in [5, 5.41) is 16.9. The molecule has 0 aromatic heterocycles. The molecule has 0 spiro atoms. The number of hydrogen-bond acceptors (Lipinski definition) is 9. The van der Waals surface area contributed by atoms with Crippen molar-refractivity contribution in [3.8, 4) is 0 Å². The molecule has 0 amide bonds. The van der Waals surface area contributed by atoms with Crippen LogP contribution in [0.3, 0.4) is 0 Å². The second-order valence-corrected chi connectivity index (χ2v) is 5.21. The Morgan fingerprint density at radius 1 is 0.917 bits per heavy atom. The number of anilines is 1. The first kappa shape index (κ1) is 15.8. The third-order valence-corrected chi connectivity index (χ3v) is 3.30. The summed E-state index contributed by atoms with van der Waals surface area (Å²) in [6, 6.07) is 6.48. The van der Waals surface area contributed by atoms with Crippen LogP contribution in [0.5, 0.6) is 0 Å². The quantitative estimate of drug-likeness (QED) is 0.611. The first-order valence-corrected chi connectivity index (χ1v) is 7.09. The molecule has 3 rings (SSSR count). The summed E-state index contributed by atoms with van der Waals surface area (Å²) in [6.45, 7) is 3.13. The molecule has 0 N–H and O–H groups in total. The zero-order valence-corrected chi connectivity index (χ0v) is 13.3. The van der Waals surface area contributed by atoms with Gasteiger partial charge in [0.15, 0.2) is 11.4 Å². The predicted octanol–water partition coefficient (Wildman–Crippen LogP) is 1.72. The van der Waals surface area contributed by atoms with Gasteiger partial charge in [0, 0.05) is 5.02 Å². The summed E-state index contributed by atoms with van der Waals surface area (Å²) in [4.78, 5) is 32.5. The van der Waals surface area contributed by atoms with Crippen LogP contribution in [-0.4, -0.2) is 34.8 Å². The number of nitrogens with zero attached hydrogens (tertiary/aromatic N) is 5. The molecule has 2 aliphatic rings. The van der Waals surface area contributed by atoms with E-state index in [2.05, 4.69) is 30.2 Å². The van der Waals surface area contributed by atoms with E-state index in [-0.39, 0.29) is 11.4 Å². The van der Waals surface area contributed by atoms with Crippen LogP contribution in [0.15, 0.2) is 44.8 Å². The smallest absolute Gasteiger partial charge is 0.311 e. The highest BCUT2D eigenvalue weighted by Crippen LogP contribution is 2.20. The van der Waals surface area contributed by atoms with Crippen molar-refractivity contribution < 1.29 is 19.3 Å². The Morgan fingerprint density at radius 3 is 1.75 bits per heavy atom. The molecule has 0 radical (unpaired) electrons. The molecule has 2 aliphatic heterocycles. The number of hydrogen-bond donors (Lipinski definition) is 0. The summed E-state index contributed by atoms with van der Waals surface area (Å²) >= 11 is 5.87. The van der Waals surface area contributed by atoms with E-state index in [4.69, 9.17) is 11.6 Å². The minimum absolute atomic E-state index is 0.0322. The van der Waals surface area contributed by atoms with Crippen molar-refractivity contribution in [1.29, 1.82) is 0 Å². The lowest BCUT2D eigenvalue weighted by atomic mass is 10.3. The molecular weight excluding hydrogens is 338 g/mol. The lowest BCUT2D eigenvalue weighted by Crippen LogP contribution is -2.25. The summed E-state index contributed by atoms with van der Waals surface area (Å²) in [5.74, 6) is -1.43. The van der Waals surface area contributed by atoms with Gasteiger partial charge in [-0.3, -0.25) is 0 Å². The number of hydrazone groups is 2. The van der Waals surface area contributed by atoms with E-state index < -0.39 is 11.9 Å². The number of benzene rings is 1. The highest BCUT2D eigenvalue weighted by Gasteiger charge is 2.28. The Balaban J connectivity index is 2.06. The first-order valence-electron chi connectivity index (χ1n) is 6.71. The van der Waals surface area contributed by atoms with Crippen molar-refractivity contribution >= 4 is 52.1 Å². The fraction of sp³-hybridized carbons (Fsp3) is 0.143. The molecule has 9 nitrogen and oxygen atoms in total. The van der Waals surface area contributed by atoms with Gasteiger partial charge in [-0.1, -0.05) is 21.9 Å². The van der Waals surface area contributed by atoms with Crippen LogP contribution >= 0.6 is 11.6 Å². The van der Waals surface area contributed by atoms with E-state index in [1.807, 2.05) is 0 Å². The van der Waals surface area contributed by atoms with Crippen LogP contribution in [0.2, 0.25) is 5.02 Å². The number of oxime groups is 2. The van der Waals surface area contributed by atoms with E-state index in [0.29, 0.717) is 22.1 Å². The van der Waals surface area contributed by atoms with E-state index in [1.54, 1.807) is 38.1 Å². The molecule has 1 aromatic rings. The third kappa shape index (κ3) is 3.01. The van der Waals surface area contributed by atoms with Gasteiger partial charge < -0.3 is 9.68 Å². The fourth-order valence-corrected chi connectivity index (χ4v) is 1.94. The Labute approximate surface area is 140 Å². The van der Waals surface area contributed by atoms with Crippen LogP contribution in [0, 0.1) is 0 Å². The third-order valence-electron chi connectivity index (χ3n) is 3.05. The van der Waals surface area contributed by atoms with Crippen LogP contribution < -0.4 is 5.12 Å². The second kappa shape index (κ2) is 6.20. The lowest BCUT2D eigenvalue weighted by molar-refractivity contribution is -0.135. The average Bonchev–Trinajstić information content (AvgIpc) is 3.04. The van der Waals surface area contributed by atoms with Gasteiger partial charge in [-0.05, 0) is 38.1 Å². The van der Waals surface area contributed by atoms with Gasteiger partial charge in [-0.2, -0.15) is 0 Å². The summed E-state index contributed by atoms with van der Waals surface area (Å²) < 4.78 is 0. The Bertz CT molecular complexity index is 793. The molecule has 2 heterocycles. The van der Waals surface area contributed by atoms with Gasteiger partial charge in [-0.25, -0.2) is 9.59 Å².